The van der Waals surface area contributed by atoms with Crippen LogP contribution in [0.5, 0.6) is 0 Å². The van der Waals surface area contributed by atoms with Gasteiger partial charge in [0.25, 0.3) is 0 Å². The van der Waals surface area contributed by atoms with Gasteiger partial charge < -0.3 is 5.32 Å². The molecule has 0 atom stereocenters. The third kappa shape index (κ3) is 4.98. The number of hydrogen-bond acceptors (Lipinski definition) is 4. The summed E-state index contributed by atoms with van der Waals surface area (Å²) in [6.45, 7) is 6.27. The molecule has 0 aliphatic rings. The van der Waals surface area contributed by atoms with Crippen LogP contribution in [0, 0.1) is 6.92 Å². The summed E-state index contributed by atoms with van der Waals surface area (Å²) < 4.78 is 0. The summed E-state index contributed by atoms with van der Waals surface area (Å²) in [4.78, 5) is 4.40. The van der Waals surface area contributed by atoms with Gasteiger partial charge in [-0.3, -0.25) is 0 Å². The Morgan fingerprint density at radius 2 is 2.43 bits per heavy atom. The molecule has 2 nitrogen and oxygen atoms in total. The molecule has 14 heavy (non-hydrogen) atoms. The third-order valence-corrected chi connectivity index (χ3v) is 3.74. The summed E-state index contributed by atoms with van der Waals surface area (Å²) in [7, 11) is 0. The summed E-state index contributed by atoms with van der Waals surface area (Å²) in [6, 6.07) is 0. The molecule has 0 aliphatic carbocycles. The molecule has 1 aromatic heterocycles. The Labute approximate surface area is 94.5 Å². The van der Waals surface area contributed by atoms with Crippen LogP contribution in [0.15, 0.2) is 5.38 Å². The van der Waals surface area contributed by atoms with Crippen LogP contribution in [-0.4, -0.2) is 23.0 Å². The molecule has 0 bridgehead atoms. The number of thioether (sulfide) groups is 1. The number of nitrogens with one attached hydrogen (secondary N) is 1. The number of nitrogens with zero attached hydrogens (tertiary/aromatic N) is 1. The Balaban J connectivity index is 1.99. The first-order chi connectivity index (χ1) is 6.83. The second-order valence-electron chi connectivity index (χ2n) is 3.11. The van der Waals surface area contributed by atoms with Crippen molar-refractivity contribution in [1.29, 1.82) is 0 Å². The topological polar surface area (TPSA) is 24.9 Å². The van der Waals surface area contributed by atoms with E-state index in [1.54, 1.807) is 11.3 Å². The third-order valence-electron chi connectivity index (χ3n) is 1.79. The Kier molecular flexibility index (Phi) is 6.23. The lowest BCUT2D eigenvalue weighted by Gasteiger charge is -2.01. The predicted molar refractivity (Wildman–Crippen MR) is 66.2 cm³/mol. The molecule has 0 radical (unpaired) electrons. The van der Waals surface area contributed by atoms with Crippen molar-refractivity contribution >= 4 is 23.1 Å². The van der Waals surface area contributed by atoms with E-state index in [1.807, 2.05) is 18.7 Å². The van der Waals surface area contributed by atoms with E-state index in [-0.39, 0.29) is 0 Å². The zero-order valence-electron chi connectivity index (χ0n) is 8.88. The average Bonchev–Trinajstić information content (AvgIpc) is 2.58. The predicted octanol–water partition coefficient (Wildman–Crippen LogP) is 2.68. The average molecular weight is 230 g/mol. The van der Waals surface area contributed by atoms with Crippen molar-refractivity contribution in [2.24, 2.45) is 0 Å². The number of aromatic nitrogens is 1. The monoisotopic (exact) mass is 230 g/mol. The molecule has 0 saturated heterocycles. The Morgan fingerprint density at radius 1 is 1.57 bits per heavy atom. The van der Waals surface area contributed by atoms with Gasteiger partial charge in [-0.15, -0.1) is 11.3 Å². The van der Waals surface area contributed by atoms with Crippen LogP contribution in [0.25, 0.3) is 0 Å². The smallest absolute Gasteiger partial charge is 0.107 e. The Morgan fingerprint density at radius 3 is 3.07 bits per heavy atom. The van der Waals surface area contributed by atoms with Crippen LogP contribution in [0.3, 0.4) is 0 Å². The van der Waals surface area contributed by atoms with Crippen LogP contribution in [0.4, 0.5) is 0 Å². The fourth-order valence-electron chi connectivity index (χ4n) is 1.12. The molecule has 80 valence electrons. The summed E-state index contributed by atoms with van der Waals surface area (Å²) in [5.74, 6) is 2.49. The summed E-state index contributed by atoms with van der Waals surface area (Å²) in [5, 5.41) is 6.71. The molecule has 0 aromatic carbocycles. The highest BCUT2D eigenvalue weighted by Crippen LogP contribution is 2.07. The molecular weight excluding hydrogens is 212 g/mol. The minimum atomic E-state index is 0.926. The Bertz CT molecular complexity index is 248. The Hall–Kier alpha value is -0.0600. The van der Waals surface area contributed by atoms with Gasteiger partial charge in [0, 0.05) is 17.6 Å². The van der Waals surface area contributed by atoms with E-state index in [9.17, 15) is 0 Å². The number of rotatable bonds is 7. The summed E-state index contributed by atoms with van der Waals surface area (Å²) in [5.41, 5.74) is 1.13. The first kappa shape index (κ1) is 12.0. The van der Waals surface area contributed by atoms with Crippen LogP contribution in [0.1, 0.15) is 24.0 Å². The maximum atomic E-state index is 4.40. The van der Waals surface area contributed by atoms with E-state index in [4.69, 9.17) is 0 Å². The molecule has 0 spiro atoms. The molecule has 0 unspecified atom stereocenters. The van der Waals surface area contributed by atoms with Crippen molar-refractivity contribution in [2.45, 2.75) is 26.8 Å². The van der Waals surface area contributed by atoms with Crippen molar-refractivity contribution in [2.75, 3.05) is 18.1 Å². The molecule has 0 aliphatic heterocycles. The van der Waals surface area contributed by atoms with Gasteiger partial charge in [0.1, 0.15) is 5.01 Å². The van der Waals surface area contributed by atoms with Gasteiger partial charge >= 0.3 is 0 Å². The number of thiazole rings is 1. The number of hydrogen-bond donors (Lipinski definition) is 1. The first-order valence-corrected chi connectivity index (χ1v) is 7.06. The first-order valence-electron chi connectivity index (χ1n) is 5.02. The highest BCUT2D eigenvalue weighted by atomic mass is 32.2. The fourth-order valence-corrected chi connectivity index (χ4v) is 2.50. The van der Waals surface area contributed by atoms with Crippen molar-refractivity contribution < 1.29 is 0 Å². The molecule has 4 heteroatoms. The second kappa shape index (κ2) is 7.26. The number of aryl methyl sites for hydroxylation is 1. The van der Waals surface area contributed by atoms with Crippen LogP contribution >= 0.6 is 23.1 Å². The van der Waals surface area contributed by atoms with Gasteiger partial charge in [0.05, 0.1) is 0 Å². The minimum Gasteiger partial charge on any atom is -0.310 e. The van der Waals surface area contributed by atoms with Crippen molar-refractivity contribution in [3.8, 4) is 0 Å². The van der Waals surface area contributed by atoms with Crippen molar-refractivity contribution in [1.82, 2.24) is 10.3 Å². The van der Waals surface area contributed by atoms with E-state index in [0.29, 0.717) is 0 Å². The summed E-state index contributed by atoms with van der Waals surface area (Å²) >= 11 is 3.74. The van der Waals surface area contributed by atoms with Gasteiger partial charge in [0.2, 0.25) is 0 Å². The quantitative estimate of drug-likeness (QED) is 0.729. The molecule has 0 fully saturated rings. The van der Waals surface area contributed by atoms with Crippen molar-refractivity contribution in [3.63, 3.8) is 0 Å². The van der Waals surface area contributed by atoms with E-state index < -0.39 is 0 Å². The molecule has 1 heterocycles. The standard InChI is InChI=1S/C10H18N2S2/c1-3-13-6-4-5-11-7-10-12-9(2)8-14-10/h8,11H,3-7H2,1-2H3. The van der Waals surface area contributed by atoms with Crippen LogP contribution in [0.2, 0.25) is 0 Å². The van der Waals surface area contributed by atoms with Gasteiger partial charge in [-0.1, -0.05) is 6.92 Å². The maximum Gasteiger partial charge on any atom is 0.107 e. The minimum absolute atomic E-state index is 0.926. The van der Waals surface area contributed by atoms with E-state index >= 15 is 0 Å². The molecule has 1 rings (SSSR count). The highest BCUT2D eigenvalue weighted by Gasteiger charge is 1.96. The maximum absolute atomic E-state index is 4.40. The zero-order chi connectivity index (χ0) is 10.2. The molecule has 1 N–H and O–H groups in total. The van der Waals surface area contributed by atoms with Gasteiger partial charge in [0.15, 0.2) is 0 Å². The normalized spacial score (nSPS) is 10.7. The zero-order valence-corrected chi connectivity index (χ0v) is 10.5. The SMILES string of the molecule is CCSCCCNCc1nc(C)cs1. The van der Waals surface area contributed by atoms with E-state index in [0.717, 1.165) is 18.8 Å². The van der Waals surface area contributed by atoms with E-state index in [1.165, 1.54) is 22.9 Å². The second-order valence-corrected chi connectivity index (χ2v) is 5.45. The fraction of sp³-hybridized carbons (Fsp3) is 0.700. The van der Waals surface area contributed by atoms with Gasteiger partial charge in [-0.2, -0.15) is 11.8 Å². The van der Waals surface area contributed by atoms with Crippen molar-refractivity contribution in [3.05, 3.63) is 16.1 Å². The van der Waals surface area contributed by atoms with Gasteiger partial charge in [-0.25, -0.2) is 4.98 Å². The highest BCUT2D eigenvalue weighted by molar-refractivity contribution is 7.99. The lowest BCUT2D eigenvalue weighted by Crippen LogP contribution is -2.15. The largest absolute Gasteiger partial charge is 0.310 e. The lowest BCUT2D eigenvalue weighted by atomic mass is 10.5. The van der Waals surface area contributed by atoms with Crippen LogP contribution in [-0.2, 0) is 6.54 Å². The molecular formula is C10H18N2S2. The molecule has 1 aromatic rings. The molecule has 0 saturated carbocycles. The van der Waals surface area contributed by atoms with Crippen LogP contribution < -0.4 is 5.32 Å². The molecule has 0 amide bonds. The van der Waals surface area contributed by atoms with Gasteiger partial charge in [-0.05, 0) is 31.4 Å². The lowest BCUT2D eigenvalue weighted by molar-refractivity contribution is 0.675. The van der Waals surface area contributed by atoms with E-state index in [2.05, 4.69) is 22.6 Å². The summed E-state index contributed by atoms with van der Waals surface area (Å²) in [6.07, 6.45) is 1.25.